The lowest BCUT2D eigenvalue weighted by Gasteiger charge is -2.23. The first-order valence-corrected chi connectivity index (χ1v) is 6.91. The topological polar surface area (TPSA) is 97.6 Å². The number of nitrogens with zero attached hydrogens (tertiary/aromatic N) is 2. The number of carbonyl (C=O) groups excluding carboxylic acids is 2. The van der Waals surface area contributed by atoms with E-state index < -0.39 is 6.04 Å². The number of likely N-dealkylation sites (N-methyl/N-ethyl adjacent to an activating group) is 1. The van der Waals surface area contributed by atoms with E-state index in [4.69, 9.17) is 10.5 Å². The first kappa shape index (κ1) is 15.2. The molecule has 3 N–H and O–H groups in total. The maximum absolute atomic E-state index is 12.6. The number of hydrogen-bond donors (Lipinski definition) is 2. The number of rotatable bonds is 4. The van der Waals surface area contributed by atoms with Crippen molar-refractivity contribution in [3.05, 3.63) is 23.9 Å². The predicted octanol–water partition coefficient (Wildman–Crippen LogP) is -0.232. The van der Waals surface area contributed by atoms with Crippen molar-refractivity contribution in [3.8, 4) is 5.88 Å². The molecular formula is C14H20N4O3. The summed E-state index contributed by atoms with van der Waals surface area (Å²) in [7, 11) is 1.49. The molecule has 21 heavy (non-hydrogen) atoms. The fraction of sp³-hybridized carbons (Fsp3) is 0.500. The number of amides is 2. The van der Waals surface area contributed by atoms with Gasteiger partial charge in [-0.25, -0.2) is 4.98 Å². The van der Waals surface area contributed by atoms with Crippen LogP contribution in [0, 0.1) is 0 Å². The molecule has 1 fully saturated rings. The number of aromatic nitrogens is 1. The molecule has 1 aliphatic heterocycles. The van der Waals surface area contributed by atoms with Gasteiger partial charge in [-0.2, -0.15) is 0 Å². The van der Waals surface area contributed by atoms with Crippen LogP contribution in [-0.2, 0) is 4.79 Å². The van der Waals surface area contributed by atoms with E-state index in [2.05, 4.69) is 10.3 Å². The minimum absolute atomic E-state index is 0.167. The van der Waals surface area contributed by atoms with Gasteiger partial charge < -0.3 is 20.7 Å². The molecule has 0 radical (unpaired) electrons. The first-order valence-electron chi connectivity index (χ1n) is 6.91. The third-order valence-electron chi connectivity index (χ3n) is 3.44. The zero-order valence-electron chi connectivity index (χ0n) is 12.2. The van der Waals surface area contributed by atoms with Crippen molar-refractivity contribution in [2.75, 3.05) is 20.2 Å². The van der Waals surface area contributed by atoms with Crippen molar-refractivity contribution < 1.29 is 14.3 Å². The van der Waals surface area contributed by atoms with E-state index in [0.717, 1.165) is 0 Å². The highest BCUT2D eigenvalue weighted by Gasteiger charge is 2.38. The molecule has 1 aromatic rings. The zero-order valence-corrected chi connectivity index (χ0v) is 12.2. The van der Waals surface area contributed by atoms with Gasteiger partial charge >= 0.3 is 0 Å². The third-order valence-corrected chi connectivity index (χ3v) is 3.44. The molecule has 2 heterocycles. The summed E-state index contributed by atoms with van der Waals surface area (Å²) >= 11 is 0. The fourth-order valence-electron chi connectivity index (χ4n) is 2.45. The molecule has 7 nitrogen and oxygen atoms in total. The molecule has 0 bridgehead atoms. The van der Waals surface area contributed by atoms with Gasteiger partial charge in [0.2, 0.25) is 11.8 Å². The van der Waals surface area contributed by atoms with Gasteiger partial charge in [-0.3, -0.25) is 9.59 Å². The van der Waals surface area contributed by atoms with Crippen LogP contribution >= 0.6 is 0 Å². The molecule has 7 heteroatoms. The Kier molecular flexibility index (Phi) is 4.74. The fourth-order valence-corrected chi connectivity index (χ4v) is 2.45. The molecule has 2 amide bonds. The molecule has 0 unspecified atom stereocenters. The van der Waals surface area contributed by atoms with Crippen molar-refractivity contribution in [3.63, 3.8) is 0 Å². The van der Waals surface area contributed by atoms with Gasteiger partial charge in [0.15, 0.2) is 0 Å². The van der Waals surface area contributed by atoms with Gasteiger partial charge in [0.05, 0.1) is 7.11 Å². The summed E-state index contributed by atoms with van der Waals surface area (Å²) in [6.07, 6.45) is 1.98. The maximum atomic E-state index is 12.6. The van der Waals surface area contributed by atoms with E-state index in [1.54, 1.807) is 12.1 Å². The normalized spacial score (nSPS) is 21.2. The van der Waals surface area contributed by atoms with E-state index >= 15 is 0 Å². The lowest BCUT2D eigenvalue weighted by atomic mass is 10.1. The van der Waals surface area contributed by atoms with E-state index in [9.17, 15) is 9.59 Å². The number of methoxy groups -OCH3 is 1. The highest BCUT2D eigenvalue weighted by atomic mass is 16.5. The molecule has 0 saturated carbocycles. The largest absolute Gasteiger partial charge is 0.481 e. The van der Waals surface area contributed by atoms with E-state index in [0.29, 0.717) is 31.0 Å². The van der Waals surface area contributed by atoms with Crippen molar-refractivity contribution in [1.29, 1.82) is 0 Å². The van der Waals surface area contributed by atoms with Crippen LogP contribution in [0.5, 0.6) is 5.88 Å². The summed E-state index contributed by atoms with van der Waals surface area (Å²) in [5.74, 6) is -0.0429. The van der Waals surface area contributed by atoms with Gasteiger partial charge in [0.1, 0.15) is 6.04 Å². The van der Waals surface area contributed by atoms with E-state index in [1.807, 2.05) is 6.92 Å². The summed E-state index contributed by atoms with van der Waals surface area (Å²) in [4.78, 5) is 30.1. The van der Waals surface area contributed by atoms with Gasteiger partial charge in [-0.1, -0.05) is 0 Å². The molecule has 1 aromatic heterocycles. The summed E-state index contributed by atoms with van der Waals surface area (Å²) in [5.41, 5.74) is 6.35. The Morgan fingerprint density at radius 2 is 2.33 bits per heavy atom. The van der Waals surface area contributed by atoms with Crippen LogP contribution in [0.25, 0.3) is 0 Å². The molecule has 114 valence electrons. The lowest BCUT2D eigenvalue weighted by molar-refractivity contribution is -0.124. The third kappa shape index (κ3) is 3.30. The van der Waals surface area contributed by atoms with Crippen LogP contribution in [0.15, 0.2) is 18.3 Å². The van der Waals surface area contributed by atoms with Crippen LogP contribution in [0.4, 0.5) is 0 Å². The first-order chi connectivity index (χ1) is 10.1. The second-order valence-corrected chi connectivity index (χ2v) is 4.95. The Bertz CT molecular complexity index is 535. The number of carbonyl (C=O) groups is 2. The molecule has 0 aromatic carbocycles. The molecule has 1 saturated heterocycles. The Hall–Kier alpha value is -2.15. The summed E-state index contributed by atoms with van der Waals surface area (Å²) in [6, 6.07) is 2.45. The Labute approximate surface area is 123 Å². The van der Waals surface area contributed by atoms with Crippen LogP contribution in [0.1, 0.15) is 23.7 Å². The van der Waals surface area contributed by atoms with Crippen molar-refractivity contribution >= 4 is 11.8 Å². The lowest BCUT2D eigenvalue weighted by Crippen LogP contribution is -2.45. The number of pyridine rings is 1. The minimum Gasteiger partial charge on any atom is -0.481 e. The molecular weight excluding hydrogens is 272 g/mol. The van der Waals surface area contributed by atoms with Gasteiger partial charge in [-0.15, -0.1) is 0 Å². The second kappa shape index (κ2) is 6.53. The van der Waals surface area contributed by atoms with E-state index in [-0.39, 0.29) is 17.9 Å². The summed E-state index contributed by atoms with van der Waals surface area (Å²) in [6.45, 7) is 2.73. The summed E-state index contributed by atoms with van der Waals surface area (Å²) < 4.78 is 5.02. The van der Waals surface area contributed by atoms with Crippen molar-refractivity contribution in [2.24, 2.45) is 5.73 Å². The average Bonchev–Trinajstić information content (AvgIpc) is 2.89. The quantitative estimate of drug-likeness (QED) is 0.799. The van der Waals surface area contributed by atoms with Crippen LogP contribution < -0.4 is 15.8 Å². The average molecular weight is 292 g/mol. The Morgan fingerprint density at radius 3 is 3.00 bits per heavy atom. The molecule has 1 aliphatic rings. The molecule has 2 atom stereocenters. The minimum atomic E-state index is -0.522. The monoisotopic (exact) mass is 292 g/mol. The standard InChI is InChI=1S/C14H20N4O3/c1-3-16-13(19)11-7-10(15)8-18(11)14(20)9-4-5-17-12(6-9)21-2/h4-6,10-11H,3,7-8,15H2,1-2H3,(H,16,19)/t10-,11+/m1/s1. The number of likely N-dealkylation sites (tertiary alicyclic amines) is 1. The van der Waals surface area contributed by atoms with E-state index in [1.165, 1.54) is 18.2 Å². The van der Waals surface area contributed by atoms with Gasteiger partial charge in [-0.05, 0) is 19.4 Å². The number of hydrogen-bond acceptors (Lipinski definition) is 5. The SMILES string of the molecule is CCNC(=O)[C@@H]1C[C@@H](N)CN1C(=O)c1ccnc(OC)c1. The van der Waals surface area contributed by atoms with Crippen molar-refractivity contribution in [1.82, 2.24) is 15.2 Å². The smallest absolute Gasteiger partial charge is 0.254 e. The zero-order chi connectivity index (χ0) is 15.4. The number of ether oxygens (including phenoxy) is 1. The van der Waals surface area contributed by atoms with Crippen LogP contribution in [0.2, 0.25) is 0 Å². The van der Waals surface area contributed by atoms with Gasteiger partial charge in [0.25, 0.3) is 5.91 Å². The second-order valence-electron chi connectivity index (χ2n) is 4.95. The number of nitrogens with one attached hydrogen (secondary N) is 1. The van der Waals surface area contributed by atoms with Crippen molar-refractivity contribution in [2.45, 2.75) is 25.4 Å². The maximum Gasteiger partial charge on any atom is 0.254 e. The van der Waals surface area contributed by atoms with Crippen LogP contribution in [0.3, 0.4) is 0 Å². The predicted molar refractivity (Wildman–Crippen MR) is 76.9 cm³/mol. The van der Waals surface area contributed by atoms with Gasteiger partial charge in [0, 0.05) is 37.0 Å². The Balaban J connectivity index is 2.21. The molecule has 0 aliphatic carbocycles. The Morgan fingerprint density at radius 1 is 1.57 bits per heavy atom. The molecule has 2 rings (SSSR count). The number of nitrogens with two attached hydrogens (primary N) is 1. The highest BCUT2D eigenvalue weighted by Crippen LogP contribution is 2.21. The summed E-state index contributed by atoms with van der Waals surface area (Å²) in [5, 5.41) is 2.74. The molecule has 0 spiro atoms. The van der Waals surface area contributed by atoms with Crippen LogP contribution in [-0.4, -0.2) is 54.0 Å². The highest BCUT2D eigenvalue weighted by molar-refractivity contribution is 5.98.